The normalized spacial score (nSPS) is 16.0. The van der Waals surface area contributed by atoms with Gasteiger partial charge in [0.15, 0.2) is 9.84 Å². The van der Waals surface area contributed by atoms with E-state index in [1.165, 1.54) is 19.1 Å². The van der Waals surface area contributed by atoms with Crippen molar-refractivity contribution in [3.8, 4) is 0 Å². The molecule has 0 atom stereocenters. The Hall–Kier alpha value is -2.15. The molecule has 0 saturated carbocycles. The minimum Gasteiger partial charge on any atom is -0.365 e. The van der Waals surface area contributed by atoms with Crippen LogP contribution in [0.5, 0.6) is 0 Å². The van der Waals surface area contributed by atoms with E-state index in [-0.39, 0.29) is 4.90 Å². The molecule has 25 heavy (non-hydrogen) atoms. The largest absolute Gasteiger partial charge is 0.365 e. The molecule has 3 heterocycles. The van der Waals surface area contributed by atoms with Gasteiger partial charge in [0, 0.05) is 38.3 Å². The van der Waals surface area contributed by atoms with Gasteiger partial charge in [0.25, 0.3) is 0 Å². The average Bonchev–Trinajstić information content (AvgIpc) is 2.61. The van der Waals surface area contributed by atoms with E-state index in [1.54, 1.807) is 18.3 Å². The van der Waals surface area contributed by atoms with Crippen LogP contribution in [-0.4, -0.2) is 37.7 Å². The summed E-state index contributed by atoms with van der Waals surface area (Å²) in [5, 5.41) is 3.10. The van der Waals surface area contributed by atoms with E-state index in [0.717, 1.165) is 30.4 Å². The molecule has 0 spiro atoms. The Bertz CT molecular complexity index is 813. The Labute approximate surface area is 149 Å². The summed E-state index contributed by atoms with van der Waals surface area (Å²) >= 11 is 0. The summed E-state index contributed by atoms with van der Waals surface area (Å²) < 4.78 is 23.6. The number of hydrogen-bond acceptors (Lipinski definition) is 6. The first-order valence-corrected chi connectivity index (χ1v) is 10.4. The summed E-state index contributed by atoms with van der Waals surface area (Å²) in [6, 6.07) is 7.24. The fourth-order valence-electron chi connectivity index (χ4n) is 2.95. The molecule has 3 rings (SSSR count). The van der Waals surface area contributed by atoms with Gasteiger partial charge in [0.05, 0.1) is 0 Å². The standard InChI is InChI=1S/C18H24N4O2S/c1-14-7-10-22(11-8-14)17-6-5-15(12-20-17)13-21-18-16(25(2,23)24)4-3-9-19-18/h3-6,9,12,14H,7-8,10-11,13H2,1-2H3,(H,19,21). The molecule has 134 valence electrons. The lowest BCUT2D eigenvalue weighted by atomic mass is 9.99. The molecule has 0 amide bonds. The van der Waals surface area contributed by atoms with Crippen molar-refractivity contribution in [1.29, 1.82) is 0 Å². The summed E-state index contributed by atoms with van der Waals surface area (Å²) in [5.74, 6) is 2.17. The molecule has 0 radical (unpaired) electrons. The first-order valence-electron chi connectivity index (χ1n) is 8.52. The Morgan fingerprint density at radius 2 is 1.96 bits per heavy atom. The van der Waals surface area contributed by atoms with Gasteiger partial charge in [-0.3, -0.25) is 0 Å². The maximum absolute atomic E-state index is 11.8. The average molecular weight is 360 g/mol. The molecule has 0 aromatic carbocycles. The molecule has 1 aliphatic rings. The number of rotatable bonds is 5. The van der Waals surface area contributed by atoms with Crippen LogP contribution >= 0.6 is 0 Å². The van der Waals surface area contributed by atoms with Gasteiger partial charge in [-0.05, 0) is 42.5 Å². The lowest BCUT2D eigenvalue weighted by Crippen LogP contribution is -2.33. The molecule has 0 bridgehead atoms. The number of nitrogens with zero attached hydrogens (tertiary/aromatic N) is 3. The van der Waals surface area contributed by atoms with Gasteiger partial charge in [0.2, 0.25) is 0 Å². The molecule has 2 aromatic heterocycles. The van der Waals surface area contributed by atoms with E-state index in [1.807, 2.05) is 18.3 Å². The van der Waals surface area contributed by atoms with E-state index < -0.39 is 9.84 Å². The topological polar surface area (TPSA) is 75.2 Å². The van der Waals surface area contributed by atoms with Crippen LogP contribution in [0.15, 0.2) is 41.6 Å². The molecule has 0 unspecified atom stereocenters. The van der Waals surface area contributed by atoms with Crippen molar-refractivity contribution in [2.24, 2.45) is 5.92 Å². The number of hydrogen-bond donors (Lipinski definition) is 1. The number of nitrogens with one attached hydrogen (secondary N) is 1. The SMILES string of the molecule is CC1CCN(c2ccc(CNc3ncccc3S(C)(=O)=O)cn2)CC1. The number of sulfone groups is 1. The van der Waals surface area contributed by atoms with Crippen molar-refractivity contribution >= 4 is 21.5 Å². The molecular weight excluding hydrogens is 336 g/mol. The van der Waals surface area contributed by atoms with Crippen molar-refractivity contribution < 1.29 is 8.42 Å². The highest BCUT2D eigenvalue weighted by atomic mass is 32.2. The molecule has 6 nitrogen and oxygen atoms in total. The van der Waals surface area contributed by atoms with Gasteiger partial charge in [-0.1, -0.05) is 13.0 Å². The summed E-state index contributed by atoms with van der Waals surface area (Å²) in [7, 11) is -3.31. The van der Waals surface area contributed by atoms with Crippen molar-refractivity contribution in [2.45, 2.75) is 31.2 Å². The monoisotopic (exact) mass is 360 g/mol. The second-order valence-corrected chi connectivity index (χ2v) is 8.65. The Kier molecular flexibility index (Phi) is 5.22. The smallest absolute Gasteiger partial charge is 0.179 e. The van der Waals surface area contributed by atoms with E-state index in [2.05, 4.69) is 27.1 Å². The molecule has 1 fully saturated rings. The predicted octanol–water partition coefficient (Wildman–Crippen LogP) is 2.73. The summed E-state index contributed by atoms with van der Waals surface area (Å²) in [6.07, 6.45) is 7.02. The zero-order valence-electron chi connectivity index (χ0n) is 14.6. The Balaban J connectivity index is 1.65. The van der Waals surface area contributed by atoms with E-state index >= 15 is 0 Å². The van der Waals surface area contributed by atoms with Crippen molar-refractivity contribution in [1.82, 2.24) is 9.97 Å². The quantitative estimate of drug-likeness (QED) is 0.884. The highest BCUT2D eigenvalue weighted by Crippen LogP contribution is 2.22. The van der Waals surface area contributed by atoms with Gasteiger partial charge in [-0.2, -0.15) is 0 Å². The third kappa shape index (κ3) is 4.48. The zero-order valence-corrected chi connectivity index (χ0v) is 15.5. The molecular formula is C18H24N4O2S. The van der Waals surface area contributed by atoms with Gasteiger partial charge in [0.1, 0.15) is 16.5 Å². The van der Waals surface area contributed by atoms with E-state index in [4.69, 9.17) is 0 Å². The van der Waals surface area contributed by atoms with Crippen LogP contribution in [0, 0.1) is 5.92 Å². The van der Waals surface area contributed by atoms with Gasteiger partial charge in [-0.15, -0.1) is 0 Å². The molecule has 0 aliphatic carbocycles. The number of pyridine rings is 2. The predicted molar refractivity (Wildman–Crippen MR) is 99.5 cm³/mol. The third-order valence-corrected chi connectivity index (χ3v) is 5.68. The van der Waals surface area contributed by atoms with Crippen molar-refractivity contribution in [3.05, 3.63) is 42.2 Å². The second kappa shape index (κ2) is 7.39. The van der Waals surface area contributed by atoms with Crippen LogP contribution in [0.1, 0.15) is 25.3 Å². The van der Waals surface area contributed by atoms with Gasteiger partial charge < -0.3 is 10.2 Å². The fourth-order valence-corrected chi connectivity index (χ4v) is 3.76. The number of anilines is 2. The van der Waals surface area contributed by atoms with Crippen LogP contribution in [0.3, 0.4) is 0 Å². The van der Waals surface area contributed by atoms with Crippen LogP contribution < -0.4 is 10.2 Å². The first kappa shape index (κ1) is 17.7. The maximum Gasteiger partial charge on any atom is 0.179 e. The van der Waals surface area contributed by atoms with Crippen molar-refractivity contribution in [2.75, 3.05) is 29.6 Å². The number of aromatic nitrogens is 2. The highest BCUT2D eigenvalue weighted by Gasteiger charge is 2.17. The minimum atomic E-state index is -3.31. The lowest BCUT2D eigenvalue weighted by Gasteiger charge is -2.31. The van der Waals surface area contributed by atoms with E-state index in [0.29, 0.717) is 12.4 Å². The van der Waals surface area contributed by atoms with Crippen molar-refractivity contribution in [3.63, 3.8) is 0 Å². The first-order chi connectivity index (χ1) is 11.9. The van der Waals surface area contributed by atoms with Crippen LogP contribution in [0.4, 0.5) is 11.6 Å². The highest BCUT2D eigenvalue weighted by molar-refractivity contribution is 7.90. The summed E-state index contributed by atoms with van der Waals surface area (Å²) in [5.41, 5.74) is 0.985. The molecule has 1 aliphatic heterocycles. The second-order valence-electron chi connectivity index (χ2n) is 6.67. The summed E-state index contributed by atoms with van der Waals surface area (Å²) in [4.78, 5) is 11.2. The molecule has 1 saturated heterocycles. The van der Waals surface area contributed by atoms with Crippen LogP contribution in [0.25, 0.3) is 0 Å². The number of piperidine rings is 1. The Morgan fingerprint density at radius 3 is 2.60 bits per heavy atom. The van der Waals surface area contributed by atoms with Crippen LogP contribution in [-0.2, 0) is 16.4 Å². The molecule has 1 N–H and O–H groups in total. The van der Waals surface area contributed by atoms with Gasteiger partial charge in [-0.25, -0.2) is 18.4 Å². The minimum absolute atomic E-state index is 0.210. The zero-order chi connectivity index (χ0) is 17.9. The van der Waals surface area contributed by atoms with Crippen LogP contribution in [0.2, 0.25) is 0 Å². The van der Waals surface area contributed by atoms with Gasteiger partial charge >= 0.3 is 0 Å². The lowest BCUT2D eigenvalue weighted by molar-refractivity contribution is 0.436. The third-order valence-electron chi connectivity index (χ3n) is 4.55. The molecule has 2 aromatic rings. The summed E-state index contributed by atoms with van der Waals surface area (Å²) in [6.45, 7) is 4.88. The fraction of sp³-hybridized carbons (Fsp3) is 0.444. The molecule has 7 heteroatoms. The Morgan fingerprint density at radius 1 is 1.20 bits per heavy atom. The van der Waals surface area contributed by atoms with E-state index in [9.17, 15) is 8.42 Å². The maximum atomic E-state index is 11.8.